The number of aliphatic imine (C=N–C) groups is 1. The van der Waals surface area contributed by atoms with E-state index in [4.69, 9.17) is 5.73 Å². The minimum Gasteiger partial charge on any atom is -0.369 e. The third kappa shape index (κ3) is 2.34. The number of rotatable bonds is 2. The van der Waals surface area contributed by atoms with Crippen LogP contribution in [0.4, 0.5) is 5.69 Å². The third-order valence-electron chi connectivity index (χ3n) is 4.87. The Morgan fingerprint density at radius 2 is 1.85 bits per heavy atom. The van der Waals surface area contributed by atoms with Crippen LogP contribution in [-0.4, -0.2) is 18.0 Å². The van der Waals surface area contributed by atoms with Gasteiger partial charge in [-0.25, -0.2) is 0 Å². The van der Waals surface area contributed by atoms with Crippen LogP contribution < -0.4 is 10.6 Å². The second-order valence-electron chi connectivity index (χ2n) is 6.18. The number of hydrogen-bond acceptors (Lipinski definition) is 3. The molecule has 1 aromatic carbocycles. The Morgan fingerprint density at radius 3 is 2.50 bits per heavy atom. The summed E-state index contributed by atoms with van der Waals surface area (Å²) in [5, 5.41) is 0. The molecule has 1 atom stereocenters. The van der Waals surface area contributed by atoms with E-state index in [0.29, 0.717) is 11.9 Å². The highest BCUT2D eigenvalue weighted by molar-refractivity contribution is 9.10. The summed E-state index contributed by atoms with van der Waals surface area (Å²) in [6.07, 6.45) is 6.66. The molecule has 1 fully saturated rings. The monoisotopic (exact) mass is 335 g/mol. The molecule has 0 radical (unpaired) electrons. The molecule has 20 heavy (non-hydrogen) atoms. The Kier molecular flexibility index (Phi) is 3.76. The Labute approximate surface area is 129 Å². The first-order valence-electron chi connectivity index (χ1n) is 7.47. The average molecular weight is 336 g/mol. The first kappa shape index (κ1) is 13.9. The third-order valence-corrected chi connectivity index (χ3v) is 5.40. The van der Waals surface area contributed by atoms with Gasteiger partial charge in [-0.15, -0.1) is 0 Å². The normalized spacial score (nSPS) is 27.7. The van der Waals surface area contributed by atoms with Crippen molar-refractivity contribution < 1.29 is 0 Å². The van der Waals surface area contributed by atoms with Gasteiger partial charge in [0.25, 0.3) is 0 Å². The van der Waals surface area contributed by atoms with Crippen molar-refractivity contribution in [2.75, 3.05) is 11.4 Å². The van der Waals surface area contributed by atoms with E-state index in [1.807, 2.05) is 0 Å². The fourth-order valence-electron chi connectivity index (χ4n) is 3.70. The van der Waals surface area contributed by atoms with Gasteiger partial charge in [0.15, 0.2) is 5.96 Å². The second kappa shape index (κ2) is 5.40. The highest BCUT2D eigenvalue weighted by Crippen LogP contribution is 2.41. The minimum absolute atomic E-state index is 0.0400. The summed E-state index contributed by atoms with van der Waals surface area (Å²) in [5.74, 6) is 1.35. The van der Waals surface area contributed by atoms with Gasteiger partial charge < -0.3 is 10.6 Å². The molecular weight excluding hydrogens is 314 g/mol. The highest BCUT2D eigenvalue weighted by Gasteiger charge is 2.45. The maximum absolute atomic E-state index is 6.20. The number of halogens is 1. The van der Waals surface area contributed by atoms with Gasteiger partial charge in [-0.3, -0.25) is 4.99 Å². The molecule has 1 aliphatic heterocycles. The van der Waals surface area contributed by atoms with Gasteiger partial charge in [0.2, 0.25) is 0 Å². The molecular formula is C16H22BrN3. The molecule has 1 saturated carbocycles. The Hall–Kier alpha value is -1.03. The molecule has 4 heteroatoms. The maximum atomic E-state index is 6.20. The smallest absolute Gasteiger partial charge is 0.196 e. The topological polar surface area (TPSA) is 41.6 Å². The molecule has 0 aromatic heterocycles. The zero-order valence-electron chi connectivity index (χ0n) is 12.0. The van der Waals surface area contributed by atoms with E-state index in [1.165, 1.54) is 32.1 Å². The lowest BCUT2D eigenvalue weighted by Gasteiger charge is -2.44. The summed E-state index contributed by atoms with van der Waals surface area (Å²) < 4.78 is 1.09. The standard InChI is InChI=1S/C16H22BrN3/c1-16(12-5-3-2-4-6-12)11-19-15(18)20(16)14-9-7-13(17)8-10-14/h7-10,12H,2-6,11H2,1H3,(H2,18,19). The van der Waals surface area contributed by atoms with Gasteiger partial charge >= 0.3 is 0 Å². The number of hydrogen-bond donors (Lipinski definition) is 1. The first-order chi connectivity index (χ1) is 9.61. The van der Waals surface area contributed by atoms with Crippen LogP contribution in [0.15, 0.2) is 33.7 Å². The fraction of sp³-hybridized carbons (Fsp3) is 0.562. The average Bonchev–Trinajstić information content (AvgIpc) is 2.78. The molecule has 0 amide bonds. The summed E-state index contributed by atoms with van der Waals surface area (Å²) in [5.41, 5.74) is 7.39. The van der Waals surface area contributed by atoms with Crippen LogP contribution in [0.25, 0.3) is 0 Å². The molecule has 2 aliphatic rings. The van der Waals surface area contributed by atoms with Gasteiger partial charge in [-0.1, -0.05) is 35.2 Å². The molecule has 2 N–H and O–H groups in total. The summed E-state index contributed by atoms with van der Waals surface area (Å²) in [6, 6.07) is 8.39. The summed E-state index contributed by atoms with van der Waals surface area (Å²) >= 11 is 3.49. The molecule has 1 unspecified atom stereocenters. The van der Waals surface area contributed by atoms with Crippen molar-refractivity contribution in [2.45, 2.75) is 44.6 Å². The van der Waals surface area contributed by atoms with Crippen molar-refractivity contribution in [3.63, 3.8) is 0 Å². The van der Waals surface area contributed by atoms with Crippen LogP contribution in [0.5, 0.6) is 0 Å². The Bertz CT molecular complexity index is 505. The first-order valence-corrected chi connectivity index (χ1v) is 8.26. The minimum atomic E-state index is 0.0400. The van der Waals surface area contributed by atoms with Crippen molar-refractivity contribution in [2.24, 2.45) is 16.6 Å². The Morgan fingerprint density at radius 1 is 1.20 bits per heavy atom. The molecule has 108 valence electrons. The molecule has 1 aliphatic carbocycles. The molecule has 3 rings (SSSR count). The number of anilines is 1. The van der Waals surface area contributed by atoms with Crippen LogP contribution in [0.3, 0.4) is 0 Å². The van der Waals surface area contributed by atoms with Gasteiger partial charge in [0.05, 0.1) is 12.1 Å². The van der Waals surface area contributed by atoms with Gasteiger partial charge in [-0.2, -0.15) is 0 Å². The molecule has 3 nitrogen and oxygen atoms in total. The summed E-state index contributed by atoms with van der Waals surface area (Å²) in [4.78, 5) is 6.81. The van der Waals surface area contributed by atoms with Crippen molar-refractivity contribution in [1.82, 2.24) is 0 Å². The number of benzene rings is 1. The van der Waals surface area contributed by atoms with E-state index in [9.17, 15) is 0 Å². The van der Waals surface area contributed by atoms with Crippen LogP contribution in [-0.2, 0) is 0 Å². The lowest BCUT2D eigenvalue weighted by molar-refractivity contribution is 0.238. The van der Waals surface area contributed by atoms with E-state index >= 15 is 0 Å². The van der Waals surface area contributed by atoms with Crippen LogP contribution >= 0.6 is 15.9 Å². The van der Waals surface area contributed by atoms with Crippen LogP contribution in [0.1, 0.15) is 39.0 Å². The van der Waals surface area contributed by atoms with E-state index in [-0.39, 0.29) is 5.54 Å². The van der Waals surface area contributed by atoms with E-state index in [0.717, 1.165) is 16.7 Å². The van der Waals surface area contributed by atoms with E-state index in [1.54, 1.807) is 0 Å². The van der Waals surface area contributed by atoms with E-state index < -0.39 is 0 Å². The fourth-order valence-corrected chi connectivity index (χ4v) is 3.96. The molecule has 0 saturated heterocycles. The van der Waals surface area contributed by atoms with Gasteiger partial charge in [-0.05, 0) is 49.9 Å². The highest BCUT2D eigenvalue weighted by atomic mass is 79.9. The van der Waals surface area contributed by atoms with Crippen molar-refractivity contribution in [3.8, 4) is 0 Å². The van der Waals surface area contributed by atoms with Crippen LogP contribution in [0.2, 0.25) is 0 Å². The second-order valence-corrected chi connectivity index (χ2v) is 7.09. The number of nitrogens with zero attached hydrogens (tertiary/aromatic N) is 2. The van der Waals surface area contributed by atoms with Gasteiger partial charge in [0.1, 0.15) is 0 Å². The SMILES string of the molecule is CC1(C2CCCCC2)CN=C(N)N1c1ccc(Br)cc1. The molecule has 0 bridgehead atoms. The molecule has 1 heterocycles. The summed E-state index contributed by atoms with van der Waals surface area (Å²) in [7, 11) is 0. The predicted octanol–water partition coefficient (Wildman–Crippen LogP) is 3.92. The van der Waals surface area contributed by atoms with Gasteiger partial charge in [0, 0.05) is 10.2 Å². The zero-order valence-corrected chi connectivity index (χ0v) is 13.6. The zero-order chi connectivity index (χ0) is 14.2. The molecule has 0 spiro atoms. The largest absolute Gasteiger partial charge is 0.369 e. The lowest BCUT2D eigenvalue weighted by atomic mass is 9.75. The quantitative estimate of drug-likeness (QED) is 0.889. The molecule has 1 aromatic rings. The Balaban J connectivity index is 1.92. The lowest BCUT2D eigenvalue weighted by Crippen LogP contribution is -2.55. The summed E-state index contributed by atoms with van der Waals surface area (Å²) in [6.45, 7) is 3.15. The van der Waals surface area contributed by atoms with Crippen molar-refractivity contribution in [1.29, 1.82) is 0 Å². The van der Waals surface area contributed by atoms with Crippen molar-refractivity contribution in [3.05, 3.63) is 28.7 Å². The van der Waals surface area contributed by atoms with Crippen LogP contribution in [0, 0.1) is 5.92 Å². The predicted molar refractivity (Wildman–Crippen MR) is 88.1 cm³/mol. The van der Waals surface area contributed by atoms with Crippen molar-refractivity contribution >= 4 is 27.6 Å². The maximum Gasteiger partial charge on any atom is 0.196 e. The number of nitrogens with two attached hydrogens (primary N) is 1. The number of guanidine groups is 1. The van der Waals surface area contributed by atoms with E-state index in [2.05, 4.69) is 57.0 Å².